The smallest absolute Gasteiger partial charge is 0.321 e. The molecular formula is C19H22N4O4S. The molecule has 2 saturated carbocycles. The second-order valence-corrected chi connectivity index (χ2v) is 8.92. The highest BCUT2D eigenvalue weighted by atomic mass is 32.2. The van der Waals surface area contributed by atoms with E-state index in [1.807, 2.05) is 37.3 Å². The predicted octanol–water partition coefficient (Wildman–Crippen LogP) is 1.66. The third kappa shape index (κ3) is 2.80. The number of carboxylic acid groups (broad SMARTS) is 2. The summed E-state index contributed by atoms with van der Waals surface area (Å²) < 4.78 is -0.616. The number of nitrogens with zero attached hydrogens (tertiary/aromatic N) is 2. The molecule has 4 N–H and O–H groups in total. The molecule has 2 aromatic rings. The van der Waals surface area contributed by atoms with E-state index in [4.69, 9.17) is 0 Å². The number of carboxylic acids is 2. The van der Waals surface area contributed by atoms with E-state index in [1.165, 1.54) is 18.1 Å². The predicted molar refractivity (Wildman–Crippen MR) is 102 cm³/mol. The summed E-state index contributed by atoms with van der Waals surface area (Å²) in [6, 6.07) is 9.63. The maximum atomic E-state index is 12.2. The molecule has 9 heteroatoms. The van der Waals surface area contributed by atoms with Crippen LogP contribution in [0, 0.1) is 17.3 Å². The number of benzene rings is 1. The van der Waals surface area contributed by atoms with Crippen molar-refractivity contribution in [2.24, 2.45) is 17.3 Å². The molecule has 0 aliphatic heterocycles. The number of aliphatic carboxylic acids is 2. The number of carbonyl (C=O) groups is 2. The van der Waals surface area contributed by atoms with E-state index in [0.717, 1.165) is 5.56 Å². The number of nitrogens with one attached hydrogen (secondary N) is 2. The average Bonchev–Trinajstić information content (AvgIpc) is 3.01. The molecule has 148 valence electrons. The summed E-state index contributed by atoms with van der Waals surface area (Å²) in [7, 11) is 0. The molecule has 4 atom stereocenters. The van der Waals surface area contributed by atoms with Gasteiger partial charge in [-0.2, -0.15) is 5.10 Å². The highest BCUT2D eigenvalue weighted by Crippen LogP contribution is 2.71. The van der Waals surface area contributed by atoms with Gasteiger partial charge in [-0.25, -0.2) is 4.98 Å². The van der Waals surface area contributed by atoms with Crippen molar-refractivity contribution in [3.63, 3.8) is 0 Å². The van der Waals surface area contributed by atoms with E-state index < -0.39 is 28.0 Å². The maximum absolute atomic E-state index is 12.2. The van der Waals surface area contributed by atoms with Crippen molar-refractivity contribution < 1.29 is 19.8 Å². The number of aromatic nitrogens is 3. The quantitative estimate of drug-likeness (QED) is 0.491. The van der Waals surface area contributed by atoms with Crippen LogP contribution in [0.2, 0.25) is 0 Å². The lowest BCUT2D eigenvalue weighted by atomic mass is 9.78. The number of fused-ring (bicyclic) bond motifs is 1. The number of hydrogen-bond acceptors (Lipinski definition) is 6. The SMILES string of the molecule is CCN[C@@H]1[C@@H]2[C@H]1[C@@](Cc1ccccc1)(Sc1ncn[nH]1)CC2(C(=O)O)C(=O)O. The molecule has 0 saturated heterocycles. The Morgan fingerprint density at radius 3 is 2.54 bits per heavy atom. The van der Waals surface area contributed by atoms with Gasteiger partial charge in [-0.15, -0.1) is 0 Å². The average molecular weight is 402 g/mol. The van der Waals surface area contributed by atoms with Gasteiger partial charge in [0.2, 0.25) is 0 Å². The fourth-order valence-electron chi connectivity index (χ4n) is 5.00. The number of thioether (sulfide) groups is 1. The molecule has 28 heavy (non-hydrogen) atoms. The van der Waals surface area contributed by atoms with Gasteiger partial charge in [0.15, 0.2) is 10.6 Å². The molecule has 8 nitrogen and oxygen atoms in total. The highest BCUT2D eigenvalue weighted by Gasteiger charge is 2.80. The van der Waals surface area contributed by atoms with Gasteiger partial charge in [-0.05, 0) is 30.9 Å². The molecule has 0 unspecified atom stereocenters. The first kappa shape index (κ1) is 18.9. The topological polar surface area (TPSA) is 128 Å². The molecule has 4 rings (SSSR count). The van der Waals surface area contributed by atoms with Crippen molar-refractivity contribution in [3.8, 4) is 0 Å². The van der Waals surface area contributed by atoms with Crippen molar-refractivity contribution in [1.29, 1.82) is 0 Å². The van der Waals surface area contributed by atoms with Gasteiger partial charge < -0.3 is 15.5 Å². The van der Waals surface area contributed by atoms with E-state index in [0.29, 0.717) is 18.1 Å². The maximum Gasteiger partial charge on any atom is 0.321 e. The Labute approximate surface area is 166 Å². The monoisotopic (exact) mass is 402 g/mol. The van der Waals surface area contributed by atoms with Crippen LogP contribution in [0.1, 0.15) is 18.9 Å². The van der Waals surface area contributed by atoms with Crippen LogP contribution in [-0.4, -0.2) is 54.7 Å². The van der Waals surface area contributed by atoms with Crippen LogP contribution in [0.4, 0.5) is 0 Å². The Bertz CT molecular complexity index is 861. The van der Waals surface area contributed by atoms with Gasteiger partial charge >= 0.3 is 11.9 Å². The first-order chi connectivity index (χ1) is 13.4. The third-order valence-electron chi connectivity index (χ3n) is 6.02. The molecule has 1 aromatic heterocycles. The van der Waals surface area contributed by atoms with Crippen molar-refractivity contribution in [2.75, 3.05) is 6.54 Å². The minimum absolute atomic E-state index is 0.0438. The van der Waals surface area contributed by atoms with E-state index in [9.17, 15) is 19.8 Å². The van der Waals surface area contributed by atoms with Crippen molar-refractivity contribution in [2.45, 2.75) is 35.7 Å². The Balaban J connectivity index is 1.80. The summed E-state index contributed by atoms with van der Waals surface area (Å²) in [4.78, 5) is 28.7. The van der Waals surface area contributed by atoms with Gasteiger partial charge in [-0.3, -0.25) is 14.7 Å². The molecular weight excluding hydrogens is 380 g/mol. The number of H-pyrrole nitrogens is 1. The summed E-state index contributed by atoms with van der Waals surface area (Å²) in [6.45, 7) is 2.60. The van der Waals surface area contributed by atoms with Crippen LogP contribution in [0.5, 0.6) is 0 Å². The van der Waals surface area contributed by atoms with Crippen LogP contribution < -0.4 is 5.32 Å². The Hall–Kier alpha value is -2.39. The minimum atomic E-state index is -1.81. The number of rotatable bonds is 8. The minimum Gasteiger partial charge on any atom is -0.480 e. The van der Waals surface area contributed by atoms with Gasteiger partial charge in [0.1, 0.15) is 6.33 Å². The van der Waals surface area contributed by atoms with Crippen LogP contribution in [-0.2, 0) is 16.0 Å². The zero-order valence-corrected chi connectivity index (χ0v) is 16.1. The van der Waals surface area contributed by atoms with Crippen molar-refractivity contribution >= 4 is 23.7 Å². The van der Waals surface area contributed by atoms with E-state index in [-0.39, 0.29) is 18.4 Å². The summed E-state index contributed by atoms with van der Waals surface area (Å²) in [5.41, 5.74) is -0.763. The lowest BCUT2D eigenvalue weighted by Crippen LogP contribution is -2.47. The molecule has 2 aliphatic rings. The number of aromatic amines is 1. The van der Waals surface area contributed by atoms with Crippen LogP contribution in [0.25, 0.3) is 0 Å². The lowest BCUT2D eigenvalue weighted by Gasteiger charge is -2.35. The normalized spacial score (nSPS) is 30.0. The van der Waals surface area contributed by atoms with E-state index in [2.05, 4.69) is 20.5 Å². The largest absolute Gasteiger partial charge is 0.480 e. The summed E-state index contributed by atoms with van der Waals surface area (Å²) in [6.07, 6.45) is 2.01. The van der Waals surface area contributed by atoms with E-state index >= 15 is 0 Å². The Morgan fingerprint density at radius 2 is 1.96 bits per heavy atom. The zero-order chi connectivity index (χ0) is 19.9. The molecule has 0 amide bonds. The Morgan fingerprint density at radius 1 is 1.25 bits per heavy atom. The second-order valence-electron chi connectivity index (χ2n) is 7.51. The summed E-state index contributed by atoms with van der Waals surface area (Å²) in [5, 5.41) is 30.6. The second kappa shape index (κ2) is 6.89. The standard InChI is InChI=1S/C19H22N4O4S/c1-2-20-14-12-13(14)19(15(24)25,16(26)27)9-18(12,28-17-21-10-22-23-17)8-11-6-4-3-5-7-11/h3-7,10,12-14,20H,2,8-9H2,1H3,(H,24,25)(H,26,27)(H,21,22,23)/t12-,13+,14+,18+/m1/s1. The Kier molecular flexibility index (Phi) is 4.67. The van der Waals surface area contributed by atoms with Gasteiger partial charge in [0.05, 0.1) is 0 Å². The van der Waals surface area contributed by atoms with Crippen molar-refractivity contribution in [3.05, 3.63) is 42.2 Å². The molecule has 0 radical (unpaired) electrons. The molecule has 0 bridgehead atoms. The first-order valence-electron chi connectivity index (χ1n) is 9.23. The summed E-state index contributed by atoms with van der Waals surface area (Å²) >= 11 is 1.42. The molecule has 2 fully saturated rings. The van der Waals surface area contributed by atoms with Crippen molar-refractivity contribution in [1.82, 2.24) is 20.5 Å². The molecule has 2 aliphatic carbocycles. The van der Waals surface area contributed by atoms with E-state index in [1.54, 1.807) is 0 Å². The third-order valence-corrected chi connectivity index (χ3v) is 7.37. The van der Waals surface area contributed by atoms with Gasteiger partial charge in [0, 0.05) is 16.7 Å². The lowest BCUT2D eigenvalue weighted by molar-refractivity contribution is -0.166. The highest BCUT2D eigenvalue weighted by molar-refractivity contribution is 8.00. The van der Waals surface area contributed by atoms with Gasteiger partial charge in [-0.1, -0.05) is 49.0 Å². The number of hydrogen-bond donors (Lipinski definition) is 4. The fourth-order valence-corrected chi connectivity index (χ4v) is 6.55. The molecule has 0 spiro atoms. The van der Waals surface area contributed by atoms with Crippen LogP contribution >= 0.6 is 11.8 Å². The summed E-state index contributed by atoms with van der Waals surface area (Å²) in [5.74, 6) is -3.07. The van der Waals surface area contributed by atoms with Crippen LogP contribution in [0.15, 0.2) is 41.8 Å². The molecule has 1 heterocycles. The fraction of sp³-hybridized carbons (Fsp3) is 0.474. The van der Waals surface area contributed by atoms with Crippen LogP contribution in [0.3, 0.4) is 0 Å². The zero-order valence-electron chi connectivity index (χ0n) is 15.3. The van der Waals surface area contributed by atoms with Gasteiger partial charge in [0.25, 0.3) is 0 Å². The molecule has 1 aromatic carbocycles. The first-order valence-corrected chi connectivity index (χ1v) is 10.0.